The highest BCUT2D eigenvalue weighted by Gasteiger charge is 2.67. The maximum atomic E-state index is 10.5. The molecule has 5 rings (SSSR count). The average Bonchev–Trinajstić information content (AvgIpc) is 3.11. The van der Waals surface area contributed by atoms with E-state index in [1.165, 1.54) is 25.7 Å². The van der Waals surface area contributed by atoms with Gasteiger partial charge in [-0.2, -0.15) is 0 Å². The number of fused-ring (bicyclic) bond motifs is 8. The van der Waals surface area contributed by atoms with E-state index in [-0.39, 0.29) is 23.7 Å². The van der Waals surface area contributed by atoms with E-state index < -0.39 is 5.79 Å². The predicted octanol–water partition coefficient (Wildman–Crippen LogP) is 5.08. The van der Waals surface area contributed by atoms with Gasteiger partial charge in [0.15, 0.2) is 5.79 Å². The van der Waals surface area contributed by atoms with Gasteiger partial charge in [-0.15, -0.1) is 0 Å². The van der Waals surface area contributed by atoms with Crippen molar-refractivity contribution in [3.8, 4) is 0 Å². The molecule has 9 atom stereocenters. The molecule has 4 aliphatic carbocycles. The first-order valence-electron chi connectivity index (χ1n) is 11.4. The molecule has 5 aliphatic rings. The van der Waals surface area contributed by atoms with Gasteiger partial charge in [0.2, 0.25) is 0 Å². The van der Waals surface area contributed by atoms with Crippen LogP contribution < -0.4 is 0 Å². The van der Waals surface area contributed by atoms with Crippen LogP contribution >= 0.6 is 0 Å². The van der Waals surface area contributed by atoms with Gasteiger partial charge in [0, 0.05) is 0 Å². The van der Waals surface area contributed by atoms with E-state index in [4.69, 9.17) is 9.47 Å². The van der Waals surface area contributed by atoms with Crippen molar-refractivity contribution in [1.82, 2.24) is 0 Å². The van der Waals surface area contributed by atoms with Crippen molar-refractivity contribution in [2.24, 2.45) is 34.5 Å². The molecule has 0 amide bonds. The second-order valence-corrected chi connectivity index (χ2v) is 11.2. The Balaban J connectivity index is 1.59. The number of hydrogen-bond acceptors (Lipinski definition) is 3. The summed E-state index contributed by atoms with van der Waals surface area (Å²) in [5.74, 6) is 1.97. The van der Waals surface area contributed by atoms with Crippen LogP contribution in [0.4, 0.5) is 0 Å². The molecule has 0 bridgehead atoms. The summed E-state index contributed by atoms with van der Waals surface area (Å²) in [4.78, 5) is 0. The van der Waals surface area contributed by atoms with Crippen LogP contribution in [0.2, 0.25) is 0 Å². The van der Waals surface area contributed by atoms with Gasteiger partial charge < -0.3 is 14.6 Å². The van der Waals surface area contributed by atoms with Crippen molar-refractivity contribution in [2.75, 3.05) is 0 Å². The van der Waals surface area contributed by atoms with Gasteiger partial charge in [0.1, 0.15) is 0 Å². The summed E-state index contributed by atoms with van der Waals surface area (Å²) in [5, 5.41) is 10.5. The summed E-state index contributed by atoms with van der Waals surface area (Å²) < 4.78 is 13.2. The highest BCUT2D eigenvalue weighted by Crippen LogP contribution is 2.69. The Bertz CT molecular complexity index is 654. The quantitative estimate of drug-likeness (QED) is 0.601. The first kappa shape index (κ1) is 18.6. The fraction of sp³-hybridized carbons (Fsp3) is 0.917. The van der Waals surface area contributed by atoms with E-state index in [0.29, 0.717) is 23.2 Å². The zero-order valence-electron chi connectivity index (χ0n) is 17.8. The van der Waals surface area contributed by atoms with Crippen LogP contribution in [0.3, 0.4) is 0 Å². The van der Waals surface area contributed by atoms with E-state index >= 15 is 0 Å². The Morgan fingerprint density at radius 3 is 2.41 bits per heavy atom. The Morgan fingerprint density at radius 2 is 1.67 bits per heavy atom. The number of allylic oxidation sites excluding steroid dienone is 2. The third-order valence-corrected chi connectivity index (χ3v) is 9.70. The molecule has 1 heterocycles. The minimum Gasteiger partial charge on any atom is -0.393 e. The lowest BCUT2D eigenvalue weighted by molar-refractivity contribution is -0.182. The van der Waals surface area contributed by atoms with Crippen molar-refractivity contribution in [3.05, 3.63) is 11.6 Å². The van der Waals surface area contributed by atoms with Crippen LogP contribution in [0.15, 0.2) is 11.6 Å². The maximum absolute atomic E-state index is 10.5. The summed E-state index contributed by atoms with van der Waals surface area (Å²) in [7, 11) is 0. The third-order valence-electron chi connectivity index (χ3n) is 9.70. The molecule has 0 radical (unpaired) electrons. The fourth-order valence-electron chi connectivity index (χ4n) is 8.48. The molecule has 0 aromatic rings. The van der Waals surface area contributed by atoms with Crippen LogP contribution in [0.5, 0.6) is 0 Å². The Hall–Kier alpha value is -0.380. The van der Waals surface area contributed by atoms with Crippen LogP contribution in [-0.2, 0) is 9.47 Å². The molecule has 1 aliphatic heterocycles. The zero-order chi connectivity index (χ0) is 19.2. The second kappa shape index (κ2) is 5.83. The monoisotopic (exact) mass is 374 g/mol. The standard InChI is InChI=1S/C24H38O3/c1-6-14-7-8-16-19-17(10-12-23(14,16)4)24(5)11-9-15(25)13-18(24)20-21(19)27-22(2,3)26-20/h6,15-21,25H,7-13H2,1-5H3/b14-6-/t15-,16?,17?,18?,19?,20-,21-,23-,24-/m1/s1. The largest absolute Gasteiger partial charge is 0.393 e. The molecule has 4 unspecified atom stereocenters. The molecule has 3 nitrogen and oxygen atoms in total. The normalized spacial score (nSPS) is 57.7. The molecular formula is C24H38O3. The summed E-state index contributed by atoms with van der Waals surface area (Å²) in [6, 6.07) is 0. The van der Waals surface area contributed by atoms with Gasteiger partial charge in [-0.25, -0.2) is 0 Å². The Morgan fingerprint density at radius 1 is 0.926 bits per heavy atom. The first-order chi connectivity index (χ1) is 12.7. The van der Waals surface area contributed by atoms with Crippen molar-refractivity contribution in [3.63, 3.8) is 0 Å². The minimum atomic E-state index is -0.497. The molecule has 4 saturated carbocycles. The Labute approximate surface area is 164 Å². The van der Waals surface area contributed by atoms with Gasteiger partial charge in [0.25, 0.3) is 0 Å². The average molecular weight is 375 g/mol. The second-order valence-electron chi connectivity index (χ2n) is 11.2. The van der Waals surface area contributed by atoms with Crippen molar-refractivity contribution < 1.29 is 14.6 Å². The van der Waals surface area contributed by atoms with Gasteiger partial charge in [0.05, 0.1) is 18.3 Å². The lowest BCUT2D eigenvalue weighted by atomic mass is 9.43. The van der Waals surface area contributed by atoms with Gasteiger partial charge >= 0.3 is 0 Å². The molecule has 1 N–H and O–H groups in total. The van der Waals surface area contributed by atoms with E-state index in [0.717, 1.165) is 25.2 Å². The highest BCUT2D eigenvalue weighted by molar-refractivity contribution is 5.25. The van der Waals surface area contributed by atoms with Gasteiger partial charge in [-0.1, -0.05) is 25.5 Å². The lowest BCUT2D eigenvalue weighted by Gasteiger charge is -2.63. The van der Waals surface area contributed by atoms with E-state index in [9.17, 15) is 5.11 Å². The fourth-order valence-corrected chi connectivity index (χ4v) is 8.48. The molecular weight excluding hydrogens is 336 g/mol. The minimum absolute atomic E-state index is 0.151. The molecule has 0 spiro atoms. The molecule has 3 heteroatoms. The number of aliphatic hydroxyl groups is 1. The van der Waals surface area contributed by atoms with Crippen LogP contribution in [0.1, 0.15) is 79.6 Å². The van der Waals surface area contributed by atoms with Crippen LogP contribution in [0, 0.1) is 34.5 Å². The van der Waals surface area contributed by atoms with E-state index in [1.54, 1.807) is 5.57 Å². The SMILES string of the molecule is C/C=C1/CCC2C3C(CC[C@]12C)[C@@]1(C)CC[C@@H](O)CC1[C@H]1OC(C)(C)O[C@H]31. The third kappa shape index (κ3) is 2.43. The topological polar surface area (TPSA) is 38.7 Å². The summed E-state index contributed by atoms with van der Waals surface area (Å²) in [5.41, 5.74) is 2.33. The van der Waals surface area contributed by atoms with Crippen LogP contribution in [-0.4, -0.2) is 29.2 Å². The molecule has 5 fully saturated rings. The first-order valence-corrected chi connectivity index (χ1v) is 11.4. The smallest absolute Gasteiger partial charge is 0.163 e. The summed E-state index contributed by atoms with van der Waals surface area (Å²) in [6.45, 7) is 11.5. The van der Waals surface area contributed by atoms with E-state index in [2.05, 4.69) is 40.7 Å². The van der Waals surface area contributed by atoms with Crippen molar-refractivity contribution in [2.45, 2.75) is 104 Å². The maximum Gasteiger partial charge on any atom is 0.163 e. The highest BCUT2D eigenvalue weighted by atomic mass is 16.8. The molecule has 27 heavy (non-hydrogen) atoms. The molecule has 0 aromatic heterocycles. The zero-order valence-corrected chi connectivity index (χ0v) is 17.8. The van der Waals surface area contributed by atoms with Crippen molar-refractivity contribution in [1.29, 1.82) is 0 Å². The van der Waals surface area contributed by atoms with Crippen molar-refractivity contribution >= 4 is 0 Å². The summed E-state index contributed by atoms with van der Waals surface area (Å²) in [6.07, 6.45) is 10.8. The van der Waals surface area contributed by atoms with Gasteiger partial charge in [-0.3, -0.25) is 0 Å². The van der Waals surface area contributed by atoms with Gasteiger partial charge in [-0.05, 0) is 100 Å². The Kier molecular flexibility index (Phi) is 4.02. The van der Waals surface area contributed by atoms with Crippen LogP contribution in [0.25, 0.3) is 0 Å². The number of ether oxygens (including phenoxy) is 2. The number of hydrogen-bond donors (Lipinski definition) is 1. The predicted molar refractivity (Wildman–Crippen MR) is 106 cm³/mol. The summed E-state index contributed by atoms with van der Waals surface area (Å²) >= 11 is 0. The molecule has 0 aromatic carbocycles. The van der Waals surface area contributed by atoms with E-state index in [1.807, 2.05) is 0 Å². The number of aliphatic hydroxyl groups excluding tert-OH is 1. The lowest BCUT2D eigenvalue weighted by Crippen LogP contribution is -2.63. The molecule has 1 saturated heterocycles. The molecule has 152 valence electrons. The number of rotatable bonds is 0.